The Kier molecular flexibility index (Phi) is 11.4. The highest BCUT2D eigenvalue weighted by atomic mass is 16.5. The Hall–Kier alpha value is -4.82. The average molecular weight is 581 g/mol. The fraction of sp³-hybridized carbons (Fsp3) is 0.357. The molecule has 4 rings (SSSR count). The Balaban J connectivity index is 1.06. The molecule has 0 aliphatic heterocycles. The minimum atomic E-state index is 0.205. The number of methoxy groups -OCH3 is 2. The topological polar surface area (TPSA) is 151 Å². The first-order chi connectivity index (χ1) is 20.6. The number of carbonyl (C=O) groups is 2. The highest BCUT2D eigenvalue weighted by molar-refractivity contribution is 5.76. The quantitative estimate of drug-likeness (QED) is 0.118. The molecule has 2 aromatic heterocycles. The van der Waals surface area contributed by atoms with Crippen LogP contribution in [0, 0.1) is 0 Å². The van der Waals surface area contributed by atoms with Crippen LogP contribution in [-0.4, -0.2) is 83.2 Å². The molecule has 0 fully saturated rings. The maximum absolute atomic E-state index is 10.9. The molecule has 2 heterocycles. The Morgan fingerprint density at radius 3 is 1.50 bits per heavy atom. The average Bonchev–Trinajstić information content (AvgIpc) is 3.69. The molecule has 0 saturated carbocycles. The van der Waals surface area contributed by atoms with Gasteiger partial charge in [0, 0.05) is 11.1 Å². The van der Waals surface area contributed by atoms with Gasteiger partial charge < -0.3 is 28.4 Å². The van der Waals surface area contributed by atoms with Crippen LogP contribution in [-0.2, 0) is 35.8 Å². The van der Waals surface area contributed by atoms with E-state index in [0.29, 0.717) is 85.0 Å². The number of carbonyl (C=O) groups excluding carboxylic acids is 2. The van der Waals surface area contributed by atoms with E-state index in [9.17, 15) is 9.59 Å². The van der Waals surface area contributed by atoms with Gasteiger partial charge in [0.15, 0.2) is 23.0 Å². The molecular weight excluding hydrogens is 548 g/mol. The van der Waals surface area contributed by atoms with Gasteiger partial charge in [-0.15, -0.1) is 10.2 Å². The fourth-order valence-corrected chi connectivity index (χ4v) is 3.72. The summed E-state index contributed by atoms with van der Waals surface area (Å²) in [5.41, 5.74) is 2.31. The molecule has 42 heavy (non-hydrogen) atoms. The van der Waals surface area contributed by atoms with Crippen LogP contribution < -0.4 is 18.9 Å². The third-order valence-corrected chi connectivity index (χ3v) is 5.87. The number of rotatable bonds is 19. The molecule has 0 aliphatic carbocycles. The van der Waals surface area contributed by atoms with E-state index in [0.717, 1.165) is 12.6 Å². The molecule has 0 unspecified atom stereocenters. The van der Waals surface area contributed by atoms with Crippen molar-refractivity contribution in [3.05, 3.63) is 71.3 Å². The Morgan fingerprint density at radius 2 is 1.10 bits per heavy atom. The first-order valence-corrected chi connectivity index (χ1v) is 13.1. The summed E-state index contributed by atoms with van der Waals surface area (Å²) in [6.07, 6.45) is 5.06. The van der Waals surface area contributed by atoms with Gasteiger partial charge in [0.05, 0.1) is 66.1 Å². The second-order valence-electron chi connectivity index (χ2n) is 8.80. The SMILES string of the molecule is COc1cc(C=O)ccc1OCc1cn(CCOCCOCCn2cc(COc3ccc(C=O)cc3OC)nn2)nn1. The van der Waals surface area contributed by atoms with E-state index in [1.54, 1.807) is 58.2 Å². The number of nitrogens with zero attached hydrogens (tertiary/aromatic N) is 6. The van der Waals surface area contributed by atoms with Crippen molar-refractivity contribution < 1.29 is 38.0 Å². The molecular formula is C28H32N6O8. The second kappa shape index (κ2) is 15.8. The number of aromatic nitrogens is 6. The number of benzene rings is 2. The first-order valence-electron chi connectivity index (χ1n) is 13.1. The van der Waals surface area contributed by atoms with Crippen molar-refractivity contribution in [1.29, 1.82) is 0 Å². The van der Waals surface area contributed by atoms with E-state index in [2.05, 4.69) is 20.6 Å². The Labute approximate surface area is 242 Å². The molecule has 222 valence electrons. The number of ether oxygens (including phenoxy) is 6. The normalized spacial score (nSPS) is 10.8. The van der Waals surface area contributed by atoms with E-state index in [1.165, 1.54) is 14.2 Å². The molecule has 0 N–H and O–H groups in total. The largest absolute Gasteiger partial charge is 0.493 e. The van der Waals surface area contributed by atoms with Crippen LogP contribution in [0.5, 0.6) is 23.0 Å². The molecule has 0 aliphatic rings. The molecule has 0 saturated heterocycles. The van der Waals surface area contributed by atoms with Gasteiger partial charge in [0.2, 0.25) is 0 Å². The lowest BCUT2D eigenvalue weighted by molar-refractivity contribution is 0.0402. The van der Waals surface area contributed by atoms with Gasteiger partial charge in [0.1, 0.15) is 37.2 Å². The summed E-state index contributed by atoms with van der Waals surface area (Å²) in [4.78, 5) is 21.8. The molecule has 14 nitrogen and oxygen atoms in total. The van der Waals surface area contributed by atoms with E-state index in [4.69, 9.17) is 28.4 Å². The van der Waals surface area contributed by atoms with Gasteiger partial charge in [-0.25, -0.2) is 9.36 Å². The van der Waals surface area contributed by atoms with Crippen LogP contribution in [0.25, 0.3) is 0 Å². The number of aldehydes is 2. The van der Waals surface area contributed by atoms with Gasteiger partial charge in [-0.2, -0.15) is 0 Å². The Morgan fingerprint density at radius 1 is 0.643 bits per heavy atom. The van der Waals surface area contributed by atoms with Crippen LogP contribution in [0.15, 0.2) is 48.8 Å². The zero-order valence-electron chi connectivity index (χ0n) is 23.4. The zero-order chi connectivity index (χ0) is 29.6. The number of hydrogen-bond acceptors (Lipinski definition) is 12. The monoisotopic (exact) mass is 580 g/mol. The third-order valence-electron chi connectivity index (χ3n) is 5.87. The third kappa shape index (κ3) is 8.84. The van der Waals surface area contributed by atoms with Crippen LogP contribution in [0.4, 0.5) is 0 Å². The van der Waals surface area contributed by atoms with Crippen molar-refractivity contribution in [3.63, 3.8) is 0 Å². The highest BCUT2D eigenvalue weighted by Gasteiger charge is 2.09. The maximum atomic E-state index is 10.9. The van der Waals surface area contributed by atoms with E-state index < -0.39 is 0 Å². The van der Waals surface area contributed by atoms with Crippen molar-refractivity contribution in [3.8, 4) is 23.0 Å². The number of hydrogen-bond donors (Lipinski definition) is 0. The standard InChI is InChI=1S/C28H32N6O8/c1-37-27-13-21(17-35)3-5-25(27)41-19-23-15-33(31-29-23)7-9-39-11-12-40-10-8-34-16-24(30-32-34)20-42-26-6-4-22(18-36)14-28(26)38-2/h3-6,13-18H,7-12,19-20H2,1-2H3. The van der Waals surface area contributed by atoms with E-state index in [1.807, 2.05) is 0 Å². The van der Waals surface area contributed by atoms with Crippen LogP contribution in [0.1, 0.15) is 32.1 Å². The van der Waals surface area contributed by atoms with Gasteiger partial charge in [-0.3, -0.25) is 9.59 Å². The molecule has 0 spiro atoms. The molecule has 0 bridgehead atoms. The molecule has 0 amide bonds. The molecule has 4 aromatic rings. The fourth-order valence-electron chi connectivity index (χ4n) is 3.72. The zero-order valence-corrected chi connectivity index (χ0v) is 23.4. The van der Waals surface area contributed by atoms with Crippen molar-refractivity contribution >= 4 is 12.6 Å². The predicted octanol–water partition coefficient (Wildman–Crippen LogP) is 2.40. The first kappa shape index (κ1) is 30.1. The molecule has 0 radical (unpaired) electrons. The Bertz CT molecular complexity index is 1330. The van der Waals surface area contributed by atoms with Crippen LogP contribution in [0.2, 0.25) is 0 Å². The van der Waals surface area contributed by atoms with Crippen molar-refractivity contribution in [1.82, 2.24) is 30.0 Å². The molecule has 0 atom stereocenters. The molecule has 14 heteroatoms. The van der Waals surface area contributed by atoms with Gasteiger partial charge >= 0.3 is 0 Å². The summed E-state index contributed by atoms with van der Waals surface area (Å²) in [6, 6.07) is 9.89. The van der Waals surface area contributed by atoms with Crippen molar-refractivity contribution in [2.75, 3.05) is 40.6 Å². The summed E-state index contributed by atoms with van der Waals surface area (Å²) in [5, 5.41) is 16.4. The lowest BCUT2D eigenvalue weighted by Crippen LogP contribution is -2.13. The minimum Gasteiger partial charge on any atom is -0.493 e. The van der Waals surface area contributed by atoms with Gasteiger partial charge in [-0.1, -0.05) is 10.4 Å². The van der Waals surface area contributed by atoms with E-state index in [-0.39, 0.29) is 13.2 Å². The minimum absolute atomic E-state index is 0.205. The van der Waals surface area contributed by atoms with Crippen molar-refractivity contribution in [2.24, 2.45) is 0 Å². The summed E-state index contributed by atoms with van der Waals surface area (Å²) in [6.45, 7) is 3.23. The van der Waals surface area contributed by atoms with Crippen molar-refractivity contribution in [2.45, 2.75) is 26.3 Å². The van der Waals surface area contributed by atoms with Crippen LogP contribution >= 0.6 is 0 Å². The summed E-state index contributed by atoms with van der Waals surface area (Å²) in [7, 11) is 3.03. The molecule has 2 aromatic carbocycles. The van der Waals surface area contributed by atoms with Gasteiger partial charge in [-0.05, 0) is 36.4 Å². The maximum Gasteiger partial charge on any atom is 0.161 e. The van der Waals surface area contributed by atoms with Crippen LogP contribution in [0.3, 0.4) is 0 Å². The van der Waals surface area contributed by atoms with Gasteiger partial charge in [0.25, 0.3) is 0 Å². The lowest BCUT2D eigenvalue weighted by Gasteiger charge is -2.09. The predicted molar refractivity (Wildman–Crippen MR) is 147 cm³/mol. The smallest absolute Gasteiger partial charge is 0.161 e. The van der Waals surface area contributed by atoms with E-state index >= 15 is 0 Å². The summed E-state index contributed by atoms with van der Waals surface area (Å²) >= 11 is 0. The summed E-state index contributed by atoms with van der Waals surface area (Å²) in [5.74, 6) is 1.97. The lowest BCUT2D eigenvalue weighted by atomic mass is 10.2. The summed E-state index contributed by atoms with van der Waals surface area (Å²) < 4.78 is 36.6. The second-order valence-corrected chi connectivity index (χ2v) is 8.80. The highest BCUT2D eigenvalue weighted by Crippen LogP contribution is 2.29.